The van der Waals surface area contributed by atoms with Gasteiger partial charge in [0, 0.05) is 49.5 Å². The number of H-pyrrole nitrogens is 1. The molecule has 0 saturated carbocycles. The van der Waals surface area contributed by atoms with Crippen LogP contribution in [0.4, 0.5) is 4.39 Å². The van der Waals surface area contributed by atoms with Crippen molar-refractivity contribution in [1.82, 2.24) is 14.8 Å². The number of likely N-dealkylation sites (tertiary alicyclic amines) is 2. The maximum atomic E-state index is 13.5. The molecule has 1 spiro atoms. The third-order valence-corrected chi connectivity index (χ3v) is 6.11. The number of rotatable bonds is 2. The van der Waals surface area contributed by atoms with Gasteiger partial charge in [0.15, 0.2) is 0 Å². The van der Waals surface area contributed by atoms with Crippen molar-refractivity contribution >= 4 is 22.7 Å². The van der Waals surface area contributed by atoms with E-state index >= 15 is 0 Å². The molecular weight excluding hydrogens is 361 g/mol. The number of pyridine rings is 1. The molecule has 2 saturated heterocycles. The number of amides is 2. The van der Waals surface area contributed by atoms with Crippen LogP contribution in [0.5, 0.6) is 0 Å². The van der Waals surface area contributed by atoms with Crippen LogP contribution in [0.25, 0.3) is 10.9 Å². The van der Waals surface area contributed by atoms with Gasteiger partial charge >= 0.3 is 0 Å². The zero-order valence-electron chi connectivity index (χ0n) is 16.0. The van der Waals surface area contributed by atoms with Gasteiger partial charge in [-0.2, -0.15) is 0 Å². The topological polar surface area (TPSA) is 73.5 Å². The van der Waals surface area contributed by atoms with Crippen molar-refractivity contribution in [3.8, 4) is 0 Å². The van der Waals surface area contributed by atoms with Gasteiger partial charge in [0.2, 0.25) is 11.5 Å². The number of carbonyl (C=O) groups excluding carboxylic acids is 2. The van der Waals surface area contributed by atoms with Crippen LogP contribution in [-0.2, 0) is 4.79 Å². The number of hydrogen-bond donors (Lipinski definition) is 1. The third kappa shape index (κ3) is 3.30. The highest BCUT2D eigenvalue weighted by atomic mass is 19.1. The van der Waals surface area contributed by atoms with Crippen LogP contribution < -0.4 is 5.56 Å². The van der Waals surface area contributed by atoms with Gasteiger partial charge in [0.1, 0.15) is 5.82 Å². The Kier molecular flexibility index (Phi) is 4.69. The predicted octanol–water partition coefficient (Wildman–Crippen LogP) is 2.53. The molecule has 4 rings (SSSR count). The SMILES string of the molecule is CCN1C[C@]2(CCCN(C(=O)c3cc(=O)[nH]c4cc(F)ccc34)C2)CCC1=O. The fourth-order valence-corrected chi connectivity index (χ4v) is 4.68. The van der Waals surface area contributed by atoms with E-state index in [1.54, 1.807) is 4.90 Å². The summed E-state index contributed by atoms with van der Waals surface area (Å²) in [5.41, 5.74) is 0.118. The van der Waals surface area contributed by atoms with Gasteiger partial charge < -0.3 is 14.8 Å². The van der Waals surface area contributed by atoms with Crippen molar-refractivity contribution in [1.29, 1.82) is 0 Å². The van der Waals surface area contributed by atoms with Crippen molar-refractivity contribution in [2.45, 2.75) is 32.6 Å². The summed E-state index contributed by atoms with van der Waals surface area (Å²) in [6.45, 7) is 4.53. The van der Waals surface area contributed by atoms with E-state index in [4.69, 9.17) is 0 Å². The Labute approximate surface area is 162 Å². The molecule has 7 heteroatoms. The number of piperidine rings is 2. The number of carbonyl (C=O) groups is 2. The lowest BCUT2D eigenvalue weighted by Crippen LogP contribution is -2.55. The monoisotopic (exact) mass is 385 g/mol. The Morgan fingerprint density at radius 3 is 2.82 bits per heavy atom. The lowest BCUT2D eigenvalue weighted by molar-refractivity contribution is -0.138. The first-order valence-corrected chi connectivity index (χ1v) is 9.80. The molecule has 0 radical (unpaired) electrons. The van der Waals surface area contributed by atoms with Crippen molar-refractivity contribution in [2.75, 3.05) is 26.2 Å². The highest BCUT2D eigenvalue weighted by Gasteiger charge is 2.42. The summed E-state index contributed by atoms with van der Waals surface area (Å²) >= 11 is 0. The Morgan fingerprint density at radius 1 is 1.21 bits per heavy atom. The first-order chi connectivity index (χ1) is 13.4. The normalized spacial score (nSPS) is 22.9. The van der Waals surface area contributed by atoms with Crippen LogP contribution in [0.15, 0.2) is 29.1 Å². The Balaban J connectivity index is 1.65. The maximum Gasteiger partial charge on any atom is 0.254 e. The Morgan fingerprint density at radius 2 is 2.04 bits per heavy atom. The van der Waals surface area contributed by atoms with Gasteiger partial charge in [-0.3, -0.25) is 14.4 Å². The molecule has 2 aliphatic heterocycles. The summed E-state index contributed by atoms with van der Waals surface area (Å²) < 4.78 is 13.5. The second kappa shape index (κ2) is 7.04. The van der Waals surface area contributed by atoms with E-state index in [0.29, 0.717) is 49.1 Å². The summed E-state index contributed by atoms with van der Waals surface area (Å²) in [7, 11) is 0. The fraction of sp³-hybridized carbons (Fsp3) is 0.476. The minimum atomic E-state index is -0.462. The highest BCUT2D eigenvalue weighted by molar-refractivity contribution is 6.06. The van der Waals surface area contributed by atoms with Gasteiger partial charge in [-0.25, -0.2) is 4.39 Å². The number of nitrogens with zero attached hydrogens (tertiary/aromatic N) is 2. The first kappa shape index (κ1) is 18.7. The summed E-state index contributed by atoms with van der Waals surface area (Å²) in [5.74, 6) is -0.489. The van der Waals surface area contributed by atoms with E-state index in [-0.39, 0.29) is 17.2 Å². The van der Waals surface area contributed by atoms with Gasteiger partial charge in [-0.05, 0) is 44.4 Å². The van der Waals surface area contributed by atoms with E-state index in [2.05, 4.69) is 4.98 Å². The molecule has 1 N–H and O–H groups in total. The van der Waals surface area contributed by atoms with E-state index < -0.39 is 11.4 Å². The highest BCUT2D eigenvalue weighted by Crippen LogP contribution is 2.39. The minimum Gasteiger partial charge on any atom is -0.342 e. The number of hydrogen-bond acceptors (Lipinski definition) is 3. The molecule has 1 aromatic heterocycles. The number of fused-ring (bicyclic) bond motifs is 1. The minimum absolute atomic E-state index is 0.0824. The van der Waals surface area contributed by atoms with Crippen molar-refractivity contribution in [2.24, 2.45) is 5.41 Å². The molecule has 2 aliphatic rings. The summed E-state index contributed by atoms with van der Waals surface area (Å²) in [4.78, 5) is 43.7. The summed E-state index contributed by atoms with van der Waals surface area (Å²) in [6.07, 6.45) is 3.16. The molecule has 3 heterocycles. The number of aromatic nitrogens is 1. The summed E-state index contributed by atoms with van der Waals surface area (Å²) in [5, 5.41) is 0.541. The molecular formula is C21H24FN3O3. The number of aromatic amines is 1. The number of benzene rings is 1. The predicted molar refractivity (Wildman–Crippen MR) is 104 cm³/mol. The smallest absolute Gasteiger partial charge is 0.254 e. The van der Waals surface area contributed by atoms with E-state index in [0.717, 1.165) is 19.3 Å². The van der Waals surface area contributed by atoms with E-state index in [1.807, 2.05) is 11.8 Å². The molecule has 1 aromatic carbocycles. The maximum absolute atomic E-state index is 13.5. The van der Waals surface area contributed by atoms with Gasteiger partial charge in [0.05, 0.1) is 11.1 Å². The van der Waals surface area contributed by atoms with Crippen molar-refractivity contribution < 1.29 is 14.0 Å². The molecule has 2 amide bonds. The van der Waals surface area contributed by atoms with Crippen LogP contribution in [0, 0.1) is 11.2 Å². The second-order valence-electron chi connectivity index (χ2n) is 7.98. The van der Waals surface area contributed by atoms with Crippen LogP contribution in [0.1, 0.15) is 43.0 Å². The third-order valence-electron chi connectivity index (χ3n) is 6.11. The molecule has 0 unspecified atom stereocenters. The number of nitrogens with one attached hydrogen (secondary N) is 1. The average molecular weight is 385 g/mol. The van der Waals surface area contributed by atoms with Crippen molar-refractivity contribution in [3.05, 3.63) is 46.0 Å². The molecule has 2 fully saturated rings. The van der Waals surface area contributed by atoms with Crippen molar-refractivity contribution in [3.63, 3.8) is 0 Å². The fourth-order valence-electron chi connectivity index (χ4n) is 4.68. The second-order valence-corrected chi connectivity index (χ2v) is 7.98. The zero-order chi connectivity index (χ0) is 19.9. The molecule has 148 valence electrons. The molecule has 1 atom stereocenters. The number of halogens is 1. The quantitative estimate of drug-likeness (QED) is 0.863. The Hall–Kier alpha value is -2.70. The Bertz CT molecular complexity index is 1000. The molecule has 0 aliphatic carbocycles. The van der Waals surface area contributed by atoms with E-state index in [9.17, 15) is 18.8 Å². The summed E-state index contributed by atoms with van der Waals surface area (Å²) in [6, 6.07) is 5.36. The van der Waals surface area contributed by atoms with Gasteiger partial charge in [0.25, 0.3) is 5.91 Å². The van der Waals surface area contributed by atoms with Crippen LogP contribution in [0.2, 0.25) is 0 Å². The molecule has 28 heavy (non-hydrogen) atoms. The van der Waals surface area contributed by atoms with Gasteiger partial charge in [-0.15, -0.1) is 0 Å². The molecule has 2 aromatic rings. The first-order valence-electron chi connectivity index (χ1n) is 9.80. The lowest BCUT2D eigenvalue weighted by atomic mass is 9.73. The zero-order valence-corrected chi connectivity index (χ0v) is 16.0. The van der Waals surface area contributed by atoms with Gasteiger partial charge in [-0.1, -0.05) is 0 Å². The average Bonchev–Trinajstić information content (AvgIpc) is 2.68. The molecule has 0 bridgehead atoms. The van der Waals surface area contributed by atoms with Crippen LogP contribution in [0.3, 0.4) is 0 Å². The lowest BCUT2D eigenvalue weighted by Gasteiger charge is -2.48. The molecule has 6 nitrogen and oxygen atoms in total. The van der Waals surface area contributed by atoms with Crippen LogP contribution >= 0.6 is 0 Å². The van der Waals surface area contributed by atoms with E-state index in [1.165, 1.54) is 24.3 Å². The van der Waals surface area contributed by atoms with Crippen LogP contribution in [-0.4, -0.2) is 52.8 Å². The largest absolute Gasteiger partial charge is 0.342 e. The standard InChI is InChI=1S/C21H24FN3O3/c1-2-24-12-21(8-6-19(24)27)7-3-9-25(13-21)20(28)16-11-18(26)23-17-10-14(22)4-5-15(16)17/h4-5,10-11H,2-3,6-9,12-13H2,1H3,(H,23,26)/t21-/m0/s1.